The molecule has 0 amide bonds. The van der Waals surface area contributed by atoms with Crippen LogP contribution in [0.5, 0.6) is 5.75 Å². The second-order valence-corrected chi connectivity index (χ2v) is 4.12. The third-order valence-electron chi connectivity index (χ3n) is 2.01. The molecule has 15 heavy (non-hydrogen) atoms. The number of rotatable bonds is 4. The highest BCUT2D eigenvalue weighted by molar-refractivity contribution is 5.55. The quantitative estimate of drug-likeness (QED) is 0.605. The molecule has 1 aromatic carbocycles. The number of ether oxygens (including phenoxy) is 1. The summed E-state index contributed by atoms with van der Waals surface area (Å²) in [6.45, 7) is 9.91. The van der Waals surface area contributed by atoms with Crippen LogP contribution in [0.4, 0.5) is 5.69 Å². The van der Waals surface area contributed by atoms with Gasteiger partial charge in [-0.05, 0) is 39.3 Å². The van der Waals surface area contributed by atoms with Crippen LogP contribution in [0.15, 0.2) is 30.4 Å². The van der Waals surface area contributed by atoms with E-state index in [0.29, 0.717) is 0 Å². The predicted molar refractivity (Wildman–Crippen MR) is 65.1 cm³/mol. The normalized spacial score (nSPS) is 10.4. The molecule has 0 unspecified atom stereocenters. The van der Waals surface area contributed by atoms with Gasteiger partial charge in [-0.1, -0.05) is 18.2 Å². The van der Waals surface area contributed by atoms with Crippen molar-refractivity contribution in [3.8, 4) is 5.75 Å². The molecule has 0 saturated heterocycles. The maximum absolute atomic E-state index is 5.92. The van der Waals surface area contributed by atoms with E-state index in [1.807, 2.05) is 39.0 Å². The number of nitrogen functional groups attached to an aromatic ring is 1. The zero-order chi connectivity index (χ0) is 11.4. The molecule has 2 heteroatoms. The number of allylic oxidation sites excluding steroid dienone is 1. The molecule has 0 saturated carbocycles. The zero-order valence-electron chi connectivity index (χ0n) is 9.71. The number of nitrogens with two attached hydrogens (primary N) is 1. The van der Waals surface area contributed by atoms with E-state index in [1.54, 1.807) is 0 Å². The predicted octanol–water partition coefficient (Wildman–Crippen LogP) is 3.17. The van der Waals surface area contributed by atoms with Gasteiger partial charge < -0.3 is 10.5 Å². The van der Waals surface area contributed by atoms with E-state index in [4.69, 9.17) is 10.5 Å². The van der Waals surface area contributed by atoms with Crippen molar-refractivity contribution in [3.63, 3.8) is 0 Å². The Labute approximate surface area is 91.7 Å². The van der Waals surface area contributed by atoms with Crippen LogP contribution in [-0.4, -0.2) is 6.10 Å². The van der Waals surface area contributed by atoms with Crippen LogP contribution in [0.25, 0.3) is 0 Å². The Morgan fingerprint density at radius 3 is 2.67 bits per heavy atom. The summed E-state index contributed by atoms with van der Waals surface area (Å²) < 4.78 is 5.71. The topological polar surface area (TPSA) is 35.2 Å². The molecule has 0 atom stereocenters. The Morgan fingerprint density at radius 1 is 1.47 bits per heavy atom. The summed E-state index contributed by atoms with van der Waals surface area (Å²) in [7, 11) is 0. The lowest BCUT2D eigenvalue weighted by Crippen LogP contribution is -2.09. The van der Waals surface area contributed by atoms with E-state index in [2.05, 4.69) is 6.58 Å². The van der Waals surface area contributed by atoms with Gasteiger partial charge in [0.25, 0.3) is 0 Å². The molecule has 2 nitrogen and oxygen atoms in total. The van der Waals surface area contributed by atoms with Crippen molar-refractivity contribution >= 4 is 5.69 Å². The molecule has 0 aromatic heterocycles. The fraction of sp³-hybridized carbons (Fsp3) is 0.385. The van der Waals surface area contributed by atoms with Crippen molar-refractivity contribution in [2.45, 2.75) is 33.3 Å². The van der Waals surface area contributed by atoms with Crippen molar-refractivity contribution in [1.29, 1.82) is 0 Å². The van der Waals surface area contributed by atoms with Crippen LogP contribution in [0, 0.1) is 0 Å². The fourth-order valence-corrected chi connectivity index (χ4v) is 1.44. The minimum atomic E-state index is 0.163. The third kappa shape index (κ3) is 3.31. The van der Waals surface area contributed by atoms with E-state index in [1.165, 1.54) is 0 Å². The first-order valence-electron chi connectivity index (χ1n) is 5.19. The van der Waals surface area contributed by atoms with E-state index in [9.17, 15) is 0 Å². The van der Waals surface area contributed by atoms with Gasteiger partial charge in [-0.15, -0.1) is 0 Å². The first kappa shape index (κ1) is 11.6. The summed E-state index contributed by atoms with van der Waals surface area (Å²) in [5.41, 5.74) is 8.82. The molecule has 1 rings (SSSR count). The van der Waals surface area contributed by atoms with Gasteiger partial charge in [-0.25, -0.2) is 0 Å². The minimum absolute atomic E-state index is 0.163. The van der Waals surface area contributed by atoms with Gasteiger partial charge in [0.15, 0.2) is 0 Å². The summed E-state index contributed by atoms with van der Waals surface area (Å²) >= 11 is 0. The van der Waals surface area contributed by atoms with Crippen LogP contribution in [0.1, 0.15) is 26.3 Å². The van der Waals surface area contributed by atoms with Crippen LogP contribution < -0.4 is 10.5 Å². The lowest BCUT2D eigenvalue weighted by Gasteiger charge is -2.15. The Hall–Kier alpha value is -1.44. The summed E-state index contributed by atoms with van der Waals surface area (Å²) in [6.07, 6.45) is 0.935. The first-order chi connectivity index (χ1) is 7.00. The highest BCUT2D eigenvalue weighted by Crippen LogP contribution is 2.27. The van der Waals surface area contributed by atoms with Gasteiger partial charge in [-0.2, -0.15) is 0 Å². The van der Waals surface area contributed by atoms with Crippen LogP contribution in [0.2, 0.25) is 0 Å². The Morgan fingerprint density at radius 2 is 2.13 bits per heavy atom. The van der Waals surface area contributed by atoms with Gasteiger partial charge in [0, 0.05) is 11.3 Å². The largest absolute Gasteiger partial charge is 0.491 e. The number of hydrogen-bond donors (Lipinski definition) is 1. The molecule has 0 aliphatic carbocycles. The SMILES string of the molecule is C=C(C)Cc1c(N)cccc1OC(C)C. The molecule has 2 N–H and O–H groups in total. The van der Waals surface area contributed by atoms with E-state index in [-0.39, 0.29) is 6.10 Å². The Balaban J connectivity index is 3.02. The number of hydrogen-bond acceptors (Lipinski definition) is 2. The molecule has 1 aromatic rings. The van der Waals surface area contributed by atoms with Crippen molar-refractivity contribution in [2.75, 3.05) is 5.73 Å². The summed E-state index contributed by atoms with van der Waals surface area (Å²) in [5.74, 6) is 0.869. The molecular formula is C13H19NO. The molecule has 0 heterocycles. The van der Waals surface area contributed by atoms with E-state index >= 15 is 0 Å². The second-order valence-electron chi connectivity index (χ2n) is 4.12. The van der Waals surface area contributed by atoms with Gasteiger partial charge in [0.1, 0.15) is 5.75 Å². The molecule has 0 radical (unpaired) electrons. The summed E-state index contributed by atoms with van der Waals surface area (Å²) in [4.78, 5) is 0. The van der Waals surface area contributed by atoms with Gasteiger partial charge in [0.2, 0.25) is 0 Å². The standard InChI is InChI=1S/C13H19NO/c1-9(2)8-11-12(14)6-5-7-13(11)15-10(3)4/h5-7,10H,1,8,14H2,2-4H3. The Bertz CT molecular complexity index is 356. The molecular weight excluding hydrogens is 186 g/mol. The molecule has 0 aliphatic rings. The van der Waals surface area contributed by atoms with Crippen molar-refractivity contribution in [2.24, 2.45) is 0 Å². The minimum Gasteiger partial charge on any atom is -0.491 e. The molecule has 82 valence electrons. The monoisotopic (exact) mass is 205 g/mol. The molecule has 0 aliphatic heterocycles. The van der Waals surface area contributed by atoms with E-state index in [0.717, 1.165) is 29.0 Å². The van der Waals surface area contributed by atoms with Crippen molar-refractivity contribution in [3.05, 3.63) is 35.9 Å². The van der Waals surface area contributed by atoms with Crippen molar-refractivity contribution < 1.29 is 4.74 Å². The lowest BCUT2D eigenvalue weighted by atomic mass is 10.0. The third-order valence-corrected chi connectivity index (χ3v) is 2.01. The van der Waals surface area contributed by atoms with Gasteiger partial charge in [0.05, 0.1) is 6.10 Å². The van der Waals surface area contributed by atoms with Gasteiger partial charge in [-0.3, -0.25) is 0 Å². The Kier molecular flexibility index (Phi) is 3.78. The van der Waals surface area contributed by atoms with Crippen LogP contribution in [0.3, 0.4) is 0 Å². The highest BCUT2D eigenvalue weighted by Gasteiger charge is 2.08. The number of benzene rings is 1. The maximum atomic E-state index is 5.92. The van der Waals surface area contributed by atoms with E-state index < -0.39 is 0 Å². The average molecular weight is 205 g/mol. The first-order valence-corrected chi connectivity index (χ1v) is 5.19. The highest BCUT2D eigenvalue weighted by atomic mass is 16.5. The zero-order valence-corrected chi connectivity index (χ0v) is 9.71. The van der Waals surface area contributed by atoms with Crippen molar-refractivity contribution in [1.82, 2.24) is 0 Å². The summed E-state index contributed by atoms with van der Waals surface area (Å²) in [6, 6.07) is 5.76. The smallest absolute Gasteiger partial charge is 0.125 e. The fourth-order valence-electron chi connectivity index (χ4n) is 1.44. The second kappa shape index (κ2) is 4.87. The van der Waals surface area contributed by atoms with Crippen LogP contribution >= 0.6 is 0 Å². The molecule has 0 spiro atoms. The maximum Gasteiger partial charge on any atom is 0.125 e. The molecule has 0 fully saturated rings. The van der Waals surface area contributed by atoms with Crippen LogP contribution in [-0.2, 0) is 6.42 Å². The lowest BCUT2D eigenvalue weighted by molar-refractivity contribution is 0.240. The molecule has 0 bridgehead atoms. The van der Waals surface area contributed by atoms with Gasteiger partial charge >= 0.3 is 0 Å². The summed E-state index contributed by atoms with van der Waals surface area (Å²) in [5, 5.41) is 0. The average Bonchev–Trinajstić information content (AvgIpc) is 2.09. The number of anilines is 1.